The van der Waals surface area contributed by atoms with Crippen LogP contribution in [-0.4, -0.2) is 39.7 Å². The standard InChI is InChI=1S/C13H22ClN3O3S/c1-3-5-7-20-8-6-17-21(18,19)11-9-12(14)13(15-4-2)16-10-11/h9-10,17H,3-8H2,1-2H3,(H,15,16). The monoisotopic (exact) mass is 335 g/mol. The number of rotatable bonds is 10. The molecule has 0 spiro atoms. The molecular formula is C13H22ClN3O3S. The van der Waals surface area contributed by atoms with Crippen molar-refractivity contribution in [3.8, 4) is 0 Å². The number of hydrogen-bond donors (Lipinski definition) is 2. The molecule has 120 valence electrons. The van der Waals surface area contributed by atoms with Crippen LogP contribution in [0.5, 0.6) is 0 Å². The van der Waals surface area contributed by atoms with Crippen molar-refractivity contribution in [1.82, 2.24) is 9.71 Å². The number of anilines is 1. The number of unbranched alkanes of at least 4 members (excludes halogenated alkanes) is 1. The second-order valence-corrected chi connectivity index (χ2v) is 6.57. The van der Waals surface area contributed by atoms with Crippen LogP contribution >= 0.6 is 11.6 Å². The van der Waals surface area contributed by atoms with Crippen LogP contribution in [0.25, 0.3) is 0 Å². The minimum absolute atomic E-state index is 0.0442. The molecule has 2 N–H and O–H groups in total. The minimum atomic E-state index is -3.61. The molecule has 0 amide bonds. The number of hydrogen-bond acceptors (Lipinski definition) is 5. The molecule has 0 radical (unpaired) electrons. The first-order chi connectivity index (χ1) is 10.0. The fraction of sp³-hybridized carbons (Fsp3) is 0.615. The Bertz CT molecular complexity index is 537. The van der Waals surface area contributed by atoms with E-state index in [9.17, 15) is 8.42 Å². The van der Waals surface area contributed by atoms with Gasteiger partial charge in [-0.1, -0.05) is 24.9 Å². The van der Waals surface area contributed by atoms with Gasteiger partial charge in [0.25, 0.3) is 0 Å². The van der Waals surface area contributed by atoms with E-state index in [4.69, 9.17) is 16.3 Å². The summed E-state index contributed by atoms with van der Waals surface area (Å²) in [7, 11) is -3.61. The van der Waals surface area contributed by atoms with Gasteiger partial charge in [-0.15, -0.1) is 0 Å². The Hall–Kier alpha value is -0.890. The van der Waals surface area contributed by atoms with Crippen molar-refractivity contribution in [3.05, 3.63) is 17.3 Å². The van der Waals surface area contributed by atoms with Gasteiger partial charge >= 0.3 is 0 Å². The SMILES string of the molecule is CCCCOCCNS(=O)(=O)c1cnc(NCC)c(Cl)c1. The van der Waals surface area contributed by atoms with E-state index in [1.165, 1.54) is 12.3 Å². The molecule has 0 saturated carbocycles. The highest BCUT2D eigenvalue weighted by atomic mass is 35.5. The summed E-state index contributed by atoms with van der Waals surface area (Å²) in [5, 5.41) is 3.22. The summed E-state index contributed by atoms with van der Waals surface area (Å²) in [6.45, 7) is 5.84. The highest BCUT2D eigenvalue weighted by Crippen LogP contribution is 2.22. The first kappa shape index (κ1) is 18.2. The lowest BCUT2D eigenvalue weighted by Gasteiger charge is -2.09. The van der Waals surface area contributed by atoms with Crippen molar-refractivity contribution in [2.75, 3.05) is 31.6 Å². The van der Waals surface area contributed by atoms with E-state index >= 15 is 0 Å². The highest BCUT2D eigenvalue weighted by Gasteiger charge is 2.15. The summed E-state index contributed by atoms with van der Waals surface area (Å²) >= 11 is 5.99. The average molecular weight is 336 g/mol. The van der Waals surface area contributed by atoms with Crippen LogP contribution in [0.2, 0.25) is 5.02 Å². The van der Waals surface area contributed by atoms with Gasteiger partial charge in [-0.3, -0.25) is 0 Å². The Labute approximate surface area is 131 Å². The highest BCUT2D eigenvalue weighted by molar-refractivity contribution is 7.89. The van der Waals surface area contributed by atoms with Crippen molar-refractivity contribution in [3.63, 3.8) is 0 Å². The zero-order chi connectivity index (χ0) is 15.7. The molecule has 21 heavy (non-hydrogen) atoms. The lowest BCUT2D eigenvalue weighted by atomic mass is 10.4. The molecule has 1 rings (SSSR count). The molecule has 0 unspecified atom stereocenters. The Morgan fingerprint density at radius 2 is 2.10 bits per heavy atom. The zero-order valence-corrected chi connectivity index (χ0v) is 13.9. The van der Waals surface area contributed by atoms with Crippen LogP contribution < -0.4 is 10.0 Å². The molecule has 0 atom stereocenters. The smallest absolute Gasteiger partial charge is 0.242 e. The van der Waals surface area contributed by atoms with Crippen molar-refractivity contribution >= 4 is 27.4 Å². The summed E-state index contributed by atoms with van der Waals surface area (Å²) in [6.07, 6.45) is 3.30. The topological polar surface area (TPSA) is 80.3 Å². The maximum absolute atomic E-state index is 12.1. The Kier molecular flexibility index (Phi) is 7.95. The van der Waals surface area contributed by atoms with E-state index in [1.54, 1.807) is 0 Å². The third-order valence-electron chi connectivity index (χ3n) is 2.65. The van der Waals surface area contributed by atoms with Gasteiger partial charge in [-0.25, -0.2) is 18.1 Å². The number of nitrogens with one attached hydrogen (secondary N) is 2. The third-order valence-corrected chi connectivity index (χ3v) is 4.37. The predicted octanol–water partition coefficient (Wildman–Crippen LogP) is 2.26. The Morgan fingerprint density at radius 1 is 1.33 bits per heavy atom. The molecule has 0 aromatic carbocycles. The molecule has 0 fully saturated rings. The molecule has 1 aromatic rings. The van der Waals surface area contributed by atoms with E-state index in [1.807, 2.05) is 6.92 Å². The van der Waals surface area contributed by atoms with Crippen molar-refractivity contribution < 1.29 is 13.2 Å². The van der Waals surface area contributed by atoms with Gasteiger partial charge < -0.3 is 10.1 Å². The van der Waals surface area contributed by atoms with Crippen LogP contribution in [0.3, 0.4) is 0 Å². The molecule has 0 aliphatic carbocycles. The number of halogens is 1. The minimum Gasteiger partial charge on any atom is -0.380 e. The summed E-state index contributed by atoms with van der Waals surface area (Å²) < 4.78 is 31.9. The fourth-order valence-electron chi connectivity index (χ4n) is 1.54. The van der Waals surface area contributed by atoms with Gasteiger partial charge in [0.2, 0.25) is 10.0 Å². The average Bonchev–Trinajstić information content (AvgIpc) is 2.45. The van der Waals surface area contributed by atoms with Crippen molar-refractivity contribution in [1.29, 1.82) is 0 Å². The second-order valence-electron chi connectivity index (χ2n) is 4.40. The first-order valence-corrected chi connectivity index (χ1v) is 8.84. The molecule has 0 aliphatic rings. The van der Waals surface area contributed by atoms with Crippen LogP contribution in [0.4, 0.5) is 5.82 Å². The largest absolute Gasteiger partial charge is 0.380 e. The summed E-state index contributed by atoms with van der Waals surface area (Å²) in [4.78, 5) is 4.05. The van der Waals surface area contributed by atoms with Gasteiger partial charge in [-0.05, 0) is 19.4 Å². The molecule has 0 bridgehead atoms. The molecule has 1 aromatic heterocycles. The lowest BCUT2D eigenvalue weighted by molar-refractivity contribution is 0.136. The van der Waals surface area contributed by atoms with Crippen molar-refractivity contribution in [2.45, 2.75) is 31.6 Å². The Morgan fingerprint density at radius 3 is 2.71 bits per heavy atom. The summed E-state index contributed by atoms with van der Waals surface area (Å²) in [5.74, 6) is 0.473. The molecular weight excluding hydrogens is 314 g/mol. The van der Waals surface area contributed by atoms with Crippen LogP contribution in [0, 0.1) is 0 Å². The van der Waals surface area contributed by atoms with Gasteiger partial charge in [0.15, 0.2) is 0 Å². The second kappa shape index (κ2) is 9.19. The molecule has 8 heteroatoms. The third kappa shape index (κ3) is 6.17. The molecule has 6 nitrogen and oxygen atoms in total. The van der Waals surface area contributed by atoms with E-state index in [0.29, 0.717) is 25.6 Å². The van der Waals surface area contributed by atoms with E-state index in [2.05, 4.69) is 21.9 Å². The van der Waals surface area contributed by atoms with Gasteiger partial charge in [-0.2, -0.15) is 0 Å². The van der Waals surface area contributed by atoms with Gasteiger partial charge in [0.1, 0.15) is 10.7 Å². The fourth-order valence-corrected chi connectivity index (χ4v) is 2.83. The normalized spacial score (nSPS) is 11.6. The quantitative estimate of drug-likeness (QED) is 0.641. The van der Waals surface area contributed by atoms with E-state index < -0.39 is 10.0 Å². The zero-order valence-electron chi connectivity index (χ0n) is 12.4. The van der Waals surface area contributed by atoms with Crippen LogP contribution in [0.1, 0.15) is 26.7 Å². The number of nitrogens with zero attached hydrogens (tertiary/aromatic N) is 1. The van der Waals surface area contributed by atoms with E-state index in [0.717, 1.165) is 12.8 Å². The predicted molar refractivity (Wildman–Crippen MR) is 84.3 cm³/mol. The lowest BCUT2D eigenvalue weighted by Crippen LogP contribution is -2.27. The van der Waals surface area contributed by atoms with Crippen molar-refractivity contribution in [2.24, 2.45) is 0 Å². The molecule has 1 heterocycles. The molecule has 0 aliphatic heterocycles. The summed E-state index contributed by atoms with van der Waals surface area (Å²) in [5.41, 5.74) is 0. The van der Waals surface area contributed by atoms with Gasteiger partial charge in [0.05, 0.1) is 11.6 Å². The van der Waals surface area contributed by atoms with Crippen LogP contribution in [0.15, 0.2) is 17.2 Å². The van der Waals surface area contributed by atoms with Crippen LogP contribution in [-0.2, 0) is 14.8 Å². The first-order valence-electron chi connectivity index (χ1n) is 6.98. The maximum Gasteiger partial charge on any atom is 0.242 e. The Balaban J connectivity index is 2.56. The number of aromatic nitrogens is 1. The maximum atomic E-state index is 12.1. The van der Waals surface area contributed by atoms with E-state index in [-0.39, 0.29) is 16.5 Å². The number of ether oxygens (including phenoxy) is 1. The number of sulfonamides is 1. The summed E-state index contributed by atoms with van der Waals surface area (Å²) in [6, 6.07) is 1.38. The number of pyridine rings is 1. The molecule has 0 saturated heterocycles. The van der Waals surface area contributed by atoms with Gasteiger partial charge in [0, 0.05) is 25.9 Å².